The van der Waals surface area contributed by atoms with Crippen LogP contribution in [0.5, 0.6) is 0 Å². The van der Waals surface area contributed by atoms with E-state index in [9.17, 15) is 9.59 Å². The van der Waals surface area contributed by atoms with Crippen LogP contribution in [-0.4, -0.2) is 35.8 Å². The smallest absolute Gasteiger partial charge is 0.251 e. The number of carbonyl (C=O) groups excluding carboxylic acids is 2. The van der Waals surface area contributed by atoms with Crippen LogP contribution < -0.4 is 5.32 Å². The first-order valence-corrected chi connectivity index (χ1v) is 10.1. The van der Waals surface area contributed by atoms with Gasteiger partial charge in [0.2, 0.25) is 5.91 Å². The van der Waals surface area contributed by atoms with Crippen molar-refractivity contribution in [1.82, 2.24) is 10.2 Å². The predicted molar refractivity (Wildman–Crippen MR) is 112 cm³/mol. The first-order chi connectivity index (χ1) is 13.4. The number of hydrogen-bond donors (Lipinski definition) is 1. The Balaban J connectivity index is 1.44. The summed E-state index contributed by atoms with van der Waals surface area (Å²) in [5.74, 6) is 0.187. The third kappa shape index (κ3) is 5.22. The Morgan fingerprint density at radius 2 is 1.64 bits per heavy atom. The Morgan fingerprint density at radius 3 is 2.29 bits per heavy atom. The van der Waals surface area contributed by atoms with Gasteiger partial charge in [-0.1, -0.05) is 35.9 Å². The number of aryl methyl sites for hydroxylation is 4. The van der Waals surface area contributed by atoms with Crippen LogP contribution in [0, 0.1) is 20.8 Å². The van der Waals surface area contributed by atoms with Crippen LogP contribution in [0.1, 0.15) is 51.9 Å². The van der Waals surface area contributed by atoms with Gasteiger partial charge in [0.15, 0.2) is 0 Å². The number of hydrogen-bond acceptors (Lipinski definition) is 2. The van der Waals surface area contributed by atoms with E-state index in [-0.39, 0.29) is 17.9 Å². The van der Waals surface area contributed by atoms with E-state index in [1.807, 2.05) is 36.9 Å². The summed E-state index contributed by atoms with van der Waals surface area (Å²) in [4.78, 5) is 26.9. The maximum Gasteiger partial charge on any atom is 0.251 e. The van der Waals surface area contributed by atoms with Crippen LogP contribution in [0.3, 0.4) is 0 Å². The molecular formula is C24H30N2O2. The predicted octanol–water partition coefficient (Wildman–Crippen LogP) is 3.97. The van der Waals surface area contributed by atoms with E-state index in [4.69, 9.17) is 0 Å². The highest BCUT2D eigenvalue weighted by Gasteiger charge is 2.24. The average Bonchev–Trinajstić information content (AvgIpc) is 2.70. The zero-order valence-corrected chi connectivity index (χ0v) is 17.1. The zero-order chi connectivity index (χ0) is 20.1. The van der Waals surface area contributed by atoms with Crippen molar-refractivity contribution in [2.75, 3.05) is 13.1 Å². The summed E-state index contributed by atoms with van der Waals surface area (Å²) in [6.45, 7) is 7.56. The fourth-order valence-corrected chi connectivity index (χ4v) is 3.59. The van der Waals surface area contributed by atoms with Crippen molar-refractivity contribution in [3.63, 3.8) is 0 Å². The molecule has 3 rings (SSSR count). The fraction of sp³-hybridized carbons (Fsp3) is 0.417. The minimum absolute atomic E-state index is 0.0211. The van der Waals surface area contributed by atoms with E-state index in [1.165, 1.54) is 16.7 Å². The van der Waals surface area contributed by atoms with Gasteiger partial charge in [-0.25, -0.2) is 0 Å². The third-order valence-electron chi connectivity index (χ3n) is 5.70. The minimum Gasteiger partial charge on any atom is -0.349 e. The third-order valence-corrected chi connectivity index (χ3v) is 5.70. The van der Waals surface area contributed by atoms with Gasteiger partial charge in [-0.15, -0.1) is 0 Å². The van der Waals surface area contributed by atoms with Gasteiger partial charge < -0.3 is 10.2 Å². The van der Waals surface area contributed by atoms with Crippen molar-refractivity contribution >= 4 is 11.8 Å². The van der Waals surface area contributed by atoms with E-state index in [1.54, 1.807) is 0 Å². The van der Waals surface area contributed by atoms with Gasteiger partial charge in [-0.3, -0.25) is 9.59 Å². The van der Waals surface area contributed by atoms with Gasteiger partial charge in [0.1, 0.15) is 0 Å². The zero-order valence-electron chi connectivity index (χ0n) is 17.1. The van der Waals surface area contributed by atoms with Crippen LogP contribution in [0.15, 0.2) is 42.5 Å². The molecule has 148 valence electrons. The van der Waals surface area contributed by atoms with E-state index >= 15 is 0 Å². The summed E-state index contributed by atoms with van der Waals surface area (Å²) < 4.78 is 0. The van der Waals surface area contributed by atoms with E-state index in [2.05, 4.69) is 36.5 Å². The molecule has 0 bridgehead atoms. The van der Waals surface area contributed by atoms with Gasteiger partial charge in [0, 0.05) is 31.1 Å². The molecule has 1 aliphatic heterocycles. The Morgan fingerprint density at radius 1 is 0.964 bits per heavy atom. The lowest BCUT2D eigenvalue weighted by atomic mass is 10.0. The van der Waals surface area contributed by atoms with Gasteiger partial charge in [-0.05, 0) is 68.9 Å². The molecule has 0 atom stereocenters. The van der Waals surface area contributed by atoms with Crippen molar-refractivity contribution < 1.29 is 9.59 Å². The number of carbonyl (C=O) groups is 2. The molecule has 2 aromatic rings. The first-order valence-electron chi connectivity index (χ1n) is 10.1. The van der Waals surface area contributed by atoms with E-state index < -0.39 is 0 Å². The standard InChI is InChI=1S/C24H30N2O2/c1-17-4-7-20(8-5-17)9-11-23(27)26-14-12-22(13-15-26)25-24(28)21-10-6-18(2)19(3)16-21/h4-8,10,16,22H,9,11-15H2,1-3H3,(H,25,28). The number of likely N-dealkylation sites (tertiary alicyclic amines) is 1. The lowest BCUT2D eigenvalue weighted by Crippen LogP contribution is -2.46. The molecule has 4 nitrogen and oxygen atoms in total. The number of amides is 2. The molecule has 1 heterocycles. The topological polar surface area (TPSA) is 49.4 Å². The van der Waals surface area contributed by atoms with Crippen LogP contribution in [-0.2, 0) is 11.2 Å². The molecule has 2 aromatic carbocycles. The maximum absolute atomic E-state index is 12.5. The van der Waals surface area contributed by atoms with Crippen LogP contribution in [0.4, 0.5) is 0 Å². The Kier molecular flexibility index (Phi) is 6.50. The van der Waals surface area contributed by atoms with Gasteiger partial charge in [0.05, 0.1) is 0 Å². The molecule has 1 N–H and O–H groups in total. The normalized spacial score (nSPS) is 14.8. The molecule has 0 spiro atoms. The molecule has 4 heteroatoms. The number of nitrogens with one attached hydrogen (secondary N) is 1. The second-order valence-electron chi connectivity index (χ2n) is 7.91. The molecule has 0 saturated carbocycles. The molecule has 1 fully saturated rings. The highest BCUT2D eigenvalue weighted by molar-refractivity contribution is 5.94. The number of rotatable bonds is 5. The second-order valence-corrected chi connectivity index (χ2v) is 7.91. The van der Waals surface area contributed by atoms with Crippen molar-refractivity contribution in [2.45, 2.75) is 52.5 Å². The van der Waals surface area contributed by atoms with Gasteiger partial charge >= 0.3 is 0 Å². The van der Waals surface area contributed by atoms with Crippen molar-refractivity contribution in [1.29, 1.82) is 0 Å². The summed E-state index contributed by atoms with van der Waals surface area (Å²) in [5.41, 5.74) is 5.46. The van der Waals surface area contributed by atoms with Crippen LogP contribution in [0.25, 0.3) is 0 Å². The SMILES string of the molecule is Cc1ccc(CCC(=O)N2CCC(NC(=O)c3ccc(C)c(C)c3)CC2)cc1. The van der Waals surface area contributed by atoms with Crippen LogP contribution >= 0.6 is 0 Å². The maximum atomic E-state index is 12.5. The molecule has 1 aliphatic rings. The molecule has 0 unspecified atom stereocenters. The molecule has 28 heavy (non-hydrogen) atoms. The number of nitrogens with zero attached hydrogens (tertiary/aromatic N) is 1. The lowest BCUT2D eigenvalue weighted by Gasteiger charge is -2.32. The van der Waals surface area contributed by atoms with Crippen LogP contribution in [0.2, 0.25) is 0 Å². The summed E-state index contributed by atoms with van der Waals surface area (Å²) in [6, 6.07) is 14.3. The molecule has 2 amide bonds. The Hall–Kier alpha value is -2.62. The second kappa shape index (κ2) is 9.05. The van der Waals surface area contributed by atoms with E-state index in [0.29, 0.717) is 25.1 Å². The molecule has 0 radical (unpaired) electrons. The highest BCUT2D eigenvalue weighted by atomic mass is 16.2. The summed E-state index contributed by atoms with van der Waals surface area (Å²) >= 11 is 0. The van der Waals surface area contributed by atoms with Gasteiger partial charge in [0.25, 0.3) is 5.91 Å². The fourth-order valence-electron chi connectivity index (χ4n) is 3.59. The Bertz CT molecular complexity index is 834. The largest absolute Gasteiger partial charge is 0.349 e. The van der Waals surface area contributed by atoms with Crippen molar-refractivity contribution in [2.24, 2.45) is 0 Å². The summed E-state index contributed by atoms with van der Waals surface area (Å²) in [7, 11) is 0. The van der Waals surface area contributed by atoms with Crippen molar-refractivity contribution in [3.8, 4) is 0 Å². The summed E-state index contributed by atoms with van der Waals surface area (Å²) in [6.07, 6.45) is 2.95. The minimum atomic E-state index is -0.0211. The van der Waals surface area contributed by atoms with Crippen molar-refractivity contribution in [3.05, 3.63) is 70.3 Å². The van der Waals surface area contributed by atoms with E-state index in [0.717, 1.165) is 24.8 Å². The average molecular weight is 379 g/mol. The lowest BCUT2D eigenvalue weighted by molar-refractivity contribution is -0.132. The number of benzene rings is 2. The molecule has 1 saturated heterocycles. The number of piperidine rings is 1. The quantitative estimate of drug-likeness (QED) is 0.856. The molecule has 0 aromatic heterocycles. The monoisotopic (exact) mass is 378 g/mol. The first kappa shape index (κ1) is 20.1. The molecule has 0 aliphatic carbocycles. The molecular weight excluding hydrogens is 348 g/mol. The summed E-state index contributed by atoms with van der Waals surface area (Å²) in [5, 5.41) is 3.13. The Labute approximate surface area is 167 Å². The van der Waals surface area contributed by atoms with Gasteiger partial charge in [-0.2, -0.15) is 0 Å². The highest BCUT2D eigenvalue weighted by Crippen LogP contribution is 2.15.